The summed E-state index contributed by atoms with van der Waals surface area (Å²) in [6.07, 6.45) is 0. The molecule has 0 spiro atoms. The van der Waals surface area contributed by atoms with Crippen LogP contribution in [0.15, 0.2) is 52.9 Å². The standard InChI is InChI=1S/C15H14N2O3S/c16-15-14-12(10-21(18,19)17-15)7-4-8-13(14)20-9-11-5-2-1-3-6-11/h1-8H,9-10H2,(H2,16,17). The number of amidine groups is 1. The molecule has 2 N–H and O–H groups in total. The fourth-order valence-corrected chi connectivity index (χ4v) is 3.36. The Morgan fingerprint density at radius 1 is 1.10 bits per heavy atom. The van der Waals surface area contributed by atoms with E-state index >= 15 is 0 Å². The molecule has 0 saturated heterocycles. The van der Waals surface area contributed by atoms with Crippen molar-refractivity contribution in [2.45, 2.75) is 12.4 Å². The quantitative estimate of drug-likeness (QED) is 0.937. The number of sulfonamides is 1. The van der Waals surface area contributed by atoms with Gasteiger partial charge in [0.25, 0.3) is 10.0 Å². The van der Waals surface area contributed by atoms with Crippen LogP contribution in [0.4, 0.5) is 0 Å². The summed E-state index contributed by atoms with van der Waals surface area (Å²) in [5.74, 6) is 0.387. The van der Waals surface area contributed by atoms with Gasteiger partial charge < -0.3 is 10.5 Å². The van der Waals surface area contributed by atoms with Gasteiger partial charge in [-0.2, -0.15) is 0 Å². The van der Waals surface area contributed by atoms with Crippen molar-refractivity contribution in [3.8, 4) is 5.75 Å². The van der Waals surface area contributed by atoms with Gasteiger partial charge in [0.1, 0.15) is 18.2 Å². The molecule has 5 nitrogen and oxygen atoms in total. The van der Waals surface area contributed by atoms with E-state index < -0.39 is 10.0 Å². The molecule has 0 aliphatic carbocycles. The van der Waals surface area contributed by atoms with Crippen molar-refractivity contribution >= 4 is 15.9 Å². The minimum absolute atomic E-state index is 0.0140. The van der Waals surface area contributed by atoms with Crippen molar-refractivity contribution < 1.29 is 13.2 Å². The van der Waals surface area contributed by atoms with E-state index in [2.05, 4.69) is 4.40 Å². The van der Waals surface area contributed by atoms with Crippen LogP contribution < -0.4 is 10.5 Å². The maximum atomic E-state index is 11.6. The second-order valence-corrected chi connectivity index (χ2v) is 6.40. The summed E-state index contributed by atoms with van der Waals surface area (Å²) in [6, 6.07) is 15.0. The predicted octanol–water partition coefficient (Wildman–Crippen LogP) is 1.81. The molecule has 1 aliphatic rings. The van der Waals surface area contributed by atoms with Crippen molar-refractivity contribution in [3.05, 3.63) is 65.2 Å². The SMILES string of the molecule is NC1=NS(=O)(=O)Cc2cccc(OCc3ccccc3)c21. The van der Waals surface area contributed by atoms with E-state index in [1.807, 2.05) is 30.3 Å². The molecule has 0 saturated carbocycles. The van der Waals surface area contributed by atoms with Crippen LogP contribution in [0.1, 0.15) is 16.7 Å². The van der Waals surface area contributed by atoms with E-state index in [0.29, 0.717) is 23.5 Å². The normalized spacial score (nSPS) is 15.9. The number of benzene rings is 2. The zero-order valence-corrected chi connectivity index (χ0v) is 12.0. The molecule has 0 aromatic heterocycles. The Kier molecular flexibility index (Phi) is 3.39. The maximum absolute atomic E-state index is 11.6. The number of ether oxygens (including phenoxy) is 1. The number of hydrogen-bond donors (Lipinski definition) is 1. The van der Waals surface area contributed by atoms with Crippen LogP contribution in [0, 0.1) is 0 Å². The van der Waals surface area contributed by atoms with Gasteiger partial charge in [0.15, 0.2) is 0 Å². The first kappa shape index (κ1) is 13.6. The number of nitrogens with two attached hydrogens (primary N) is 1. The highest BCUT2D eigenvalue weighted by Crippen LogP contribution is 2.28. The van der Waals surface area contributed by atoms with Crippen LogP contribution in [0.2, 0.25) is 0 Å². The minimum Gasteiger partial charge on any atom is -0.488 e. The Bertz CT molecular complexity index is 799. The molecule has 0 atom stereocenters. The van der Waals surface area contributed by atoms with E-state index in [9.17, 15) is 8.42 Å². The molecule has 0 bridgehead atoms. The molecule has 2 aromatic carbocycles. The molecule has 3 rings (SSSR count). The largest absolute Gasteiger partial charge is 0.488 e. The van der Waals surface area contributed by atoms with Crippen LogP contribution >= 0.6 is 0 Å². The Morgan fingerprint density at radius 2 is 1.86 bits per heavy atom. The third kappa shape index (κ3) is 2.90. The summed E-state index contributed by atoms with van der Waals surface area (Å²) < 4.78 is 32.5. The average Bonchev–Trinajstić information content (AvgIpc) is 2.44. The van der Waals surface area contributed by atoms with Gasteiger partial charge in [-0.1, -0.05) is 42.5 Å². The highest BCUT2D eigenvalue weighted by Gasteiger charge is 2.25. The third-order valence-corrected chi connectivity index (χ3v) is 4.33. The van der Waals surface area contributed by atoms with Gasteiger partial charge >= 0.3 is 0 Å². The van der Waals surface area contributed by atoms with Crippen LogP contribution in [-0.4, -0.2) is 14.3 Å². The van der Waals surface area contributed by atoms with Crippen LogP contribution in [0.25, 0.3) is 0 Å². The van der Waals surface area contributed by atoms with Gasteiger partial charge in [-0.3, -0.25) is 0 Å². The summed E-state index contributed by atoms with van der Waals surface area (Å²) >= 11 is 0. The van der Waals surface area contributed by atoms with E-state index in [1.54, 1.807) is 18.2 Å². The lowest BCUT2D eigenvalue weighted by atomic mass is 10.1. The average molecular weight is 302 g/mol. The fourth-order valence-electron chi connectivity index (χ4n) is 2.27. The fraction of sp³-hybridized carbons (Fsp3) is 0.133. The highest BCUT2D eigenvalue weighted by molar-refractivity contribution is 7.89. The number of rotatable bonds is 3. The summed E-state index contributed by atoms with van der Waals surface area (Å²) in [4.78, 5) is 0. The van der Waals surface area contributed by atoms with Gasteiger partial charge in [0, 0.05) is 0 Å². The number of nitrogens with zero attached hydrogens (tertiary/aromatic N) is 1. The smallest absolute Gasteiger partial charge is 0.259 e. The molecule has 6 heteroatoms. The Labute approximate surface area is 123 Å². The van der Waals surface area contributed by atoms with Gasteiger partial charge in [0.2, 0.25) is 0 Å². The van der Waals surface area contributed by atoms with Crippen molar-refractivity contribution in [1.82, 2.24) is 0 Å². The van der Waals surface area contributed by atoms with Crippen LogP contribution in [-0.2, 0) is 22.4 Å². The monoisotopic (exact) mass is 302 g/mol. The summed E-state index contributed by atoms with van der Waals surface area (Å²) in [7, 11) is -3.52. The van der Waals surface area contributed by atoms with E-state index in [1.165, 1.54) is 0 Å². The second-order valence-electron chi connectivity index (χ2n) is 4.77. The number of fused-ring (bicyclic) bond motifs is 1. The maximum Gasteiger partial charge on any atom is 0.259 e. The van der Waals surface area contributed by atoms with Crippen molar-refractivity contribution in [2.75, 3.05) is 0 Å². The molecule has 0 unspecified atom stereocenters. The van der Waals surface area contributed by atoms with Gasteiger partial charge in [-0.15, -0.1) is 4.40 Å². The Hall–Kier alpha value is -2.34. The third-order valence-electron chi connectivity index (χ3n) is 3.18. The zero-order chi connectivity index (χ0) is 14.9. The van der Waals surface area contributed by atoms with E-state index in [0.717, 1.165) is 5.56 Å². The molecule has 1 heterocycles. The van der Waals surface area contributed by atoms with Gasteiger partial charge in [0.05, 0.1) is 11.3 Å². The second kappa shape index (κ2) is 5.21. The molecule has 0 fully saturated rings. The molecular weight excluding hydrogens is 288 g/mol. The molecule has 0 radical (unpaired) electrons. The lowest BCUT2D eigenvalue weighted by Crippen LogP contribution is -2.24. The minimum atomic E-state index is -3.52. The lowest BCUT2D eigenvalue weighted by molar-refractivity contribution is 0.305. The van der Waals surface area contributed by atoms with Crippen molar-refractivity contribution in [1.29, 1.82) is 0 Å². The molecule has 2 aromatic rings. The van der Waals surface area contributed by atoms with Crippen molar-refractivity contribution in [2.24, 2.45) is 10.1 Å². The number of hydrogen-bond acceptors (Lipinski definition) is 4. The van der Waals surface area contributed by atoms with Gasteiger partial charge in [-0.05, 0) is 17.2 Å². The summed E-state index contributed by atoms with van der Waals surface area (Å²) in [5, 5.41) is 0. The first-order chi connectivity index (χ1) is 10.1. The topological polar surface area (TPSA) is 81.8 Å². The molecule has 21 heavy (non-hydrogen) atoms. The molecule has 108 valence electrons. The van der Waals surface area contributed by atoms with Crippen LogP contribution in [0.5, 0.6) is 5.75 Å². The first-order valence-corrected chi connectivity index (χ1v) is 8.03. The summed E-state index contributed by atoms with van der Waals surface area (Å²) in [6.45, 7) is 0.386. The summed E-state index contributed by atoms with van der Waals surface area (Å²) in [5.41, 5.74) is 8.00. The predicted molar refractivity (Wildman–Crippen MR) is 80.6 cm³/mol. The van der Waals surface area contributed by atoms with E-state index in [-0.39, 0.29) is 11.6 Å². The highest BCUT2D eigenvalue weighted by atomic mass is 32.2. The van der Waals surface area contributed by atoms with Gasteiger partial charge in [-0.25, -0.2) is 8.42 Å². The Balaban J connectivity index is 1.92. The zero-order valence-electron chi connectivity index (χ0n) is 11.2. The van der Waals surface area contributed by atoms with Crippen molar-refractivity contribution in [3.63, 3.8) is 0 Å². The van der Waals surface area contributed by atoms with E-state index in [4.69, 9.17) is 10.5 Å². The molecular formula is C15H14N2O3S. The Morgan fingerprint density at radius 3 is 2.62 bits per heavy atom. The lowest BCUT2D eigenvalue weighted by Gasteiger charge is -2.18. The molecule has 1 aliphatic heterocycles. The van der Waals surface area contributed by atoms with Crippen LogP contribution in [0.3, 0.4) is 0 Å². The molecule has 0 amide bonds. The first-order valence-electron chi connectivity index (χ1n) is 6.42.